The van der Waals surface area contributed by atoms with Crippen molar-refractivity contribution < 1.29 is 9.76 Å². The molecule has 1 saturated heterocycles. The second-order valence-corrected chi connectivity index (χ2v) is 3.94. The van der Waals surface area contributed by atoms with Gasteiger partial charge in [-0.1, -0.05) is 11.6 Å². The van der Waals surface area contributed by atoms with Crippen molar-refractivity contribution in [2.75, 3.05) is 18.2 Å². The molecule has 0 bridgehead atoms. The van der Waals surface area contributed by atoms with Gasteiger partial charge in [-0.15, -0.1) is 0 Å². The Balaban J connectivity index is 2.24. The number of rotatable bonds is 2. The van der Waals surface area contributed by atoms with Gasteiger partial charge in [0.15, 0.2) is 0 Å². The third-order valence-electron chi connectivity index (χ3n) is 2.41. The van der Waals surface area contributed by atoms with E-state index in [2.05, 4.69) is 0 Å². The van der Waals surface area contributed by atoms with Crippen molar-refractivity contribution in [1.82, 2.24) is 0 Å². The number of benzene rings is 1. The van der Waals surface area contributed by atoms with E-state index < -0.39 is 4.92 Å². The van der Waals surface area contributed by atoms with Crippen molar-refractivity contribution in [2.45, 2.75) is 12.8 Å². The lowest BCUT2D eigenvalue weighted by atomic mass is 10.2. The maximum atomic E-state index is 10.5. The van der Waals surface area contributed by atoms with Gasteiger partial charge in [0.2, 0.25) is 0 Å². The Labute approximate surface area is 97.7 Å². The van der Waals surface area contributed by atoms with E-state index in [1.54, 1.807) is 11.1 Å². The smallest absolute Gasteiger partial charge is 0.271 e. The first-order valence-electron chi connectivity index (χ1n) is 5.03. The van der Waals surface area contributed by atoms with Gasteiger partial charge in [-0.25, -0.2) is 0 Å². The summed E-state index contributed by atoms with van der Waals surface area (Å²) in [7, 11) is 0. The monoisotopic (exact) mass is 242 g/mol. The molecule has 0 amide bonds. The van der Waals surface area contributed by atoms with Gasteiger partial charge in [-0.3, -0.25) is 20.0 Å². The van der Waals surface area contributed by atoms with Crippen molar-refractivity contribution >= 4 is 23.0 Å². The summed E-state index contributed by atoms with van der Waals surface area (Å²) in [6.07, 6.45) is 2.06. The second-order valence-electron chi connectivity index (χ2n) is 3.54. The Morgan fingerprint density at radius 1 is 1.44 bits per heavy atom. The molecule has 16 heavy (non-hydrogen) atoms. The predicted octanol–water partition coefficient (Wildman–Crippen LogP) is 2.78. The molecule has 0 atom stereocenters. The molecule has 86 valence electrons. The molecular weight excluding hydrogens is 232 g/mol. The molecule has 1 heterocycles. The number of hydrogen-bond acceptors (Lipinski definition) is 4. The summed E-state index contributed by atoms with van der Waals surface area (Å²) < 4.78 is 0. The molecule has 0 aliphatic carbocycles. The van der Waals surface area contributed by atoms with Crippen LogP contribution in [0.25, 0.3) is 0 Å². The number of nitro benzene ring substituents is 1. The summed E-state index contributed by atoms with van der Waals surface area (Å²) in [5.41, 5.74) is 0.678. The third-order valence-corrected chi connectivity index (χ3v) is 2.72. The standard InChI is InChI=1S/C10H11ClN2O3/c11-9-7-8(13(14)15)3-4-10(9)12-5-1-2-6-16-12/h3-4,7H,1-2,5-6H2. The van der Waals surface area contributed by atoms with Crippen LogP contribution < -0.4 is 5.06 Å². The lowest BCUT2D eigenvalue weighted by Gasteiger charge is -2.28. The lowest BCUT2D eigenvalue weighted by Crippen LogP contribution is -2.29. The number of nitro groups is 1. The molecule has 0 unspecified atom stereocenters. The van der Waals surface area contributed by atoms with Gasteiger partial charge in [0, 0.05) is 18.7 Å². The number of anilines is 1. The lowest BCUT2D eigenvalue weighted by molar-refractivity contribution is -0.384. The zero-order valence-electron chi connectivity index (χ0n) is 8.56. The maximum absolute atomic E-state index is 10.5. The Bertz CT molecular complexity index is 405. The van der Waals surface area contributed by atoms with E-state index in [1.807, 2.05) is 0 Å². The quantitative estimate of drug-likeness (QED) is 0.591. The van der Waals surface area contributed by atoms with E-state index in [0.29, 0.717) is 17.3 Å². The van der Waals surface area contributed by atoms with E-state index in [9.17, 15) is 10.1 Å². The van der Waals surface area contributed by atoms with E-state index >= 15 is 0 Å². The van der Waals surface area contributed by atoms with Crippen LogP contribution >= 0.6 is 11.6 Å². The third kappa shape index (κ3) is 2.25. The Morgan fingerprint density at radius 2 is 2.25 bits per heavy atom. The highest BCUT2D eigenvalue weighted by molar-refractivity contribution is 6.33. The molecule has 0 saturated carbocycles. The van der Waals surface area contributed by atoms with Crippen LogP contribution in [0.15, 0.2) is 18.2 Å². The van der Waals surface area contributed by atoms with Crippen molar-refractivity contribution in [3.8, 4) is 0 Å². The SMILES string of the molecule is O=[N+]([O-])c1ccc(N2CCCCO2)c(Cl)c1. The second kappa shape index (κ2) is 4.67. The minimum Gasteiger partial charge on any atom is -0.273 e. The zero-order chi connectivity index (χ0) is 11.5. The van der Waals surface area contributed by atoms with Gasteiger partial charge in [-0.05, 0) is 18.9 Å². The van der Waals surface area contributed by atoms with Crippen molar-refractivity contribution in [3.05, 3.63) is 33.3 Å². The normalized spacial score (nSPS) is 16.2. The van der Waals surface area contributed by atoms with Gasteiger partial charge in [-0.2, -0.15) is 0 Å². The highest BCUT2D eigenvalue weighted by Crippen LogP contribution is 2.31. The fourth-order valence-corrected chi connectivity index (χ4v) is 1.87. The number of nitrogens with zero attached hydrogens (tertiary/aromatic N) is 2. The van der Waals surface area contributed by atoms with Gasteiger partial charge in [0.25, 0.3) is 5.69 Å². The van der Waals surface area contributed by atoms with Crippen LogP contribution in [0.5, 0.6) is 0 Å². The van der Waals surface area contributed by atoms with Crippen LogP contribution in [0.2, 0.25) is 5.02 Å². The summed E-state index contributed by atoms with van der Waals surface area (Å²) in [6.45, 7) is 1.42. The fraction of sp³-hybridized carbons (Fsp3) is 0.400. The minimum atomic E-state index is -0.466. The fourth-order valence-electron chi connectivity index (χ4n) is 1.60. The number of non-ortho nitro benzene ring substituents is 1. The topological polar surface area (TPSA) is 55.6 Å². The van der Waals surface area contributed by atoms with Crippen LogP contribution in [0.4, 0.5) is 11.4 Å². The molecular formula is C10H11ClN2O3. The van der Waals surface area contributed by atoms with E-state index in [0.717, 1.165) is 19.4 Å². The average molecular weight is 243 g/mol. The molecule has 2 rings (SSSR count). The Morgan fingerprint density at radius 3 is 2.81 bits per heavy atom. The van der Waals surface area contributed by atoms with Crippen molar-refractivity contribution in [2.24, 2.45) is 0 Å². The molecule has 1 fully saturated rings. The average Bonchev–Trinajstić information content (AvgIpc) is 2.30. The van der Waals surface area contributed by atoms with Crippen LogP contribution in [0.1, 0.15) is 12.8 Å². The summed E-state index contributed by atoms with van der Waals surface area (Å²) in [5, 5.41) is 12.6. The maximum Gasteiger partial charge on any atom is 0.271 e. The van der Waals surface area contributed by atoms with Crippen LogP contribution in [-0.4, -0.2) is 18.1 Å². The van der Waals surface area contributed by atoms with Gasteiger partial charge < -0.3 is 0 Å². The van der Waals surface area contributed by atoms with Gasteiger partial charge in [0.05, 0.1) is 22.2 Å². The first-order valence-corrected chi connectivity index (χ1v) is 5.40. The molecule has 1 aromatic carbocycles. The summed E-state index contributed by atoms with van der Waals surface area (Å²) in [5.74, 6) is 0. The van der Waals surface area contributed by atoms with Crippen LogP contribution in [-0.2, 0) is 4.84 Å². The first kappa shape index (κ1) is 11.2. The molecule has 1 aliphatic rings. The Kier molecular flexibility index (Phi) is 3.26. The highest BCUT2D eigenvalue weighted by Gasteiger charge is 2.17. The predicted molar refractivity (Wildman–Crippen MR) is 60.6 cm³/mol. The molecule has 0 N–H and O–H groups in total. The molecule has 5 nitrogen and oxygen atoms in total. The van der Waals surface area contributed by atoms with Crippen molar-refractivity contribution in [1.29, 1.82) is 0 Å². The zero-order valence-corrected chi connectivity index (χ0v) is 9.31. The first-order chi connectivity index (χ1) is 7.68. The number of hydrogen-bond donors (Lipinski definition) is 0. The number of halogens is 1. The van der Waals surface area contributed by atoms with E-state index in [-0.39, 0.29) is 5.69 Å². The van der Waals surface area contributed by atoms with E-state index in [4.69, 9.17) is 16.4 Å². The van der Waals surface area contributed by atoms with E-state index in [1.165, 1.54) is 12.1 Å². The van der Waals surface area contributed by atoms with Gasteiger partial charge in [0.1, 0.15) is 0 Å². The molecule has 0 aromatic heterocycles. The highest BCUT2D eigenvalue weighted by atomic mass is 35.5. The van der Waals surface area contributed by atoms with Crippen LogP contribution in [0.3, 0.4) is 0 Å². The number of hydroxylamine groups is 1. The summed E-state index contributed by atoms with van der Waals surface area (Å²) in [4.78, 5) is 15.5. The van der Waals surface area contributed by atoms with Gasteiger partial charge >= 0.3 is 0 Å². The minimum absolute atomic E-state index is 0.00856. The largest absolute Gasteiger partial charge is 0.273 e. The molecule has 6 heteroatoms. The molecule has 0 radical (unpaired) electrons. The molecule has 1 aliphatic heterocycles. The summed E-state index contributed by atoms with van der Waals surface area (Å²) in [6, 6.07) is 4.39. The van der Waals surface area contributed by atoms with Crippen molar-refractivity contribution in [3.63, 3.8) is 0 Å². The van der Waals surface area contributed by atoms with Crippen LogP contribution in [0, 0.1) is 10.1 Å². The molecule has 1 aromatic rings. The Hall–Kier alpha value is -1.33. The summed E-state index contributed by atoms with van der Waals surface area (Å²) >= 11 is 5.98. The molecule has 0 spiro atoms.